The zero-order valence-electron chi connectivity index (χ0n) is 16.1. The lowest BCUT2D eigenvalue weighted by Gasteiger charge is -2.35. The van der Waals surface area contributed by atoms with Crippen LogP contribution < -0.4 is 20.9 Å². The van der Waals surface area contributed by atoms with E-state index in [1.54, 1.807) is 48.5 Å². The van der Waals surface area contributed by atoms with Gasteiger partial charge in [-0.3, -0.25) is 9.59 Å². The van der Waals surface area contributed by atoms with Gasteiger partial charge in [0.15, 0.2) is 17.1 Å². The first-order valence-electron chi connectivity index (χ1n) is 8.67. The minimum absolute atomic E-state index is 0.181. The van der Waals surface area contributed by atoms with Crippen molar-refractivity contribution in [1.82, 2.24) is 0 Å². The van der Waals surface area contributed by atoms with Crippen LogP contribution in [0.25, 0.3) is 0 Å². The van der Waals surface area contributed by atoms with Gasteiger partial charge in [0.25, 0.3) is 0 Å². The van der Waals surface area contributed by atoms with Crippen LogP contribution >= 0.6 is 0 Å². The number of hydrogen-bond donors (Lipinski definition) is 2. The molecule has 0 amide bonds. The molecule has 0 fully saturated rings. The average molecular weight is 370 g/mol. The van der Waals surface area contributed by atoms with Gasteiger partial charge >= 0.3 is 0 Å². The Labute approximate surface area is 159 Å². The number of ketones is 2. The summed E-state index contributed by atoms with van der Waals surface area (Å²) < 4.78 is 10.2. The lowest BCUT2D eigenvalue weighted by Crippen LogP contribution is -2.67. The third-order valence-electron chi connectivity index (χ3n) is 4.70. The van der Waals surface area contributed by atoms with Crippen molar-refractivity contribution in [2.45, 2.75) is 25.4 Å². The highest BCUT2D eigenvalue weighted by Gasteiger charge is 2.48. The summed E-state index contributed by atoms with van der Waals surface area (Å²) >= 11 is 0. The van der Waals surface area contributed by atoms with Crippen LogP contribution in [0.15, 0.2) is 48.5 Å². The van der Waals surface area contributed by atoms with Crippen molar-refractivity contribution < 1.29 is 19.1 Å². The molecule has 2 rings (SSSR count). The number of nitrogens with two attached hydrogens (primary N) is 2. The van der Waals surface area contributed by atoms with Crippen molar-refractivity contribution in [1.29, 1.82) is 0 Å². The number of methoxy groups -OCH3 is 2. The van der Waals surface area contributed by atoms with E-state index in [2.05, 4.69) is 0 Å². The van der Waals surface area contributed by atoms with Crippen molar-refractivity contribution in [3.8, 4) is 11.5 Å². The molecule has 4 N–H and O–H groups in total. The monoisotopic (exact) mass is 370 g/mol. The van der Waals surface area contributed by atoms with Gasteiger partial charge in [-0.2, -0.15) is 0 Å². The summed E-state index contributed by atoms with van der Waals surface area (Å²) in [5.74, 6) is -0.0219. The fourth-order valence-electron chi connectivity index (χ4n) is 2.89. The molecule has 0 spiro atoms. The Balaban J connectivity index is 2.49. The van der Waals surface area contributed by atoms with Crippen LogP contribution in [0.5, 0.6) is 11.5 Å². The highest BCUT2D eigenvalue weighted by atomic mass is 16.5. The van der Waals surface area contributed by atoms with E-state index in [-0.39, 0.29) is 5.92 Å². The Hall–Kier alpha value is -2.70. The molecule has 6 heteroatoms. The quantitative estimate of drug-likeness (QED) is 0.546. The van der Waals surface area contributed by atoms with Crippen LogP contribution in [-0.4, -0.2) is 37.4 Å². The van der Waals surface area contributed by atoms with E-state index in [9.17, 15) is 9.59 Å². The minimum atomic E-state index is -1.89. The molecule has 0 heterocycles. The van der Waals surface area contributed by atoms with Gasteiger partial charge in [-0.1, -0.05) is 13.8 Å². The highest BCUT2D eigenvalue weighted by molar-refractivity contribution is 6.24. The second-order valence-corrected chi connectivity index (χ2v) is 6.75. The predicted molar refractivity (Wildman–Crippen MR) is 104 cm³/mol. The maximum atomic E-state index is 13.3. The van der Waals surface area contributed by atoms with Crippen LogP contribution in [0.1, 0.15) is 34.6 Å². The van der Waals surface area contributed by atoms with Crippen LogP contribution in [-0.2, 0) is 0 Å². The van der Waals surface area contributed by atoms with Gasteiger partial charge in [0.2, 0.25) is 0 Å². The first-order chi connectivity index (χ1) is 12.7. The summed E-state index contributed by atoms with van der Waals surface area (Å²) in [6, 6.07) is 12.0. The van der Waals surface area contributed by atoms with Gasteiger partial charge in [-0.05, 0) is 54.4 Å². The molecule has 1 atom stereocenters. The minimum Gasteiger partial charge on any atom is -0.497 e. The molecule has 0 aromatic heterocycles. The molecule has 27 heavy (non-hydrogen) atoms. The van der Waals surface area contributed by atoms with Gasteiger partial charge in [-0.25, -0.2) is 0 Å². The summed E-state index contributed by atoms with van der Waals surface area (Å²) in [5, 5.41) is 0. The molecule has 0 saturated carbocycles. The Morgan fingerprint density at radius 2 is 1.15 bits per heavy atom. The molecular formula is C21H26N2O4. The average Bonchev–Trinajstić information content (AvgIpc) is 2.71. The Bertz CT molecular complexity index is 738. The lowest BCUT2D eigenvalue weighted by atomic mass is 9.74. The van der Waals surface area contributed by atoms with Crippen LogP contribution in [0.3, 0.4) is 0 Å². The standard InChI is InChI=1S/C21H26N2O4/c1-13(2)18(22)21(23,19(24)14-5-9-16(26-3)10-6-14)20(25)15-7-11-17(27-4)12-8-15/h5-13,18H,22-23H2,1-4H3. The van der Waals surface area contributed by atoms with Crippen molar-refractivity contribution in [3.05, 3.63) is 59.7 Å². The molecule has 0 bridgehead atoms. The van der Waals surface area contributed by atoms with E-state index in [1.165, 1.54) is 14.2 Å². The van der Waals surface area contributed by atoms with Gasteiger partial charge in [-0.15, -0.1) is 0 Å². The van der Waals surface area contributed by atoms with Gasteiger partial charge in [0.05, 0.1) is 14.2 Å². The maximum Gasteiger partial charge on any atom is 0.192 e. The molecule has 2 aromatic rings. The summed E-state index contributed by atoms with van der Waals surface area (Å²) in [6.07, 6.45) is 0. The van der Waals surface area contributed by atoms with Crippen LogP contribution in [0.4, 0.5) is 0 Å². The number of carbonyl (C=O) groups is 2. The molecule has 6 nitrogen and oxygen atoms in total. The van der Waals surface area contributed by atoms with Gasteiger partial charge in [0.1, 0.15) is 11.5 Å². The summed E-state index contributed by atoms with van der Waals surface area (Å²) in [5.41, 5.74) is 11.4. The topological polar surface area (TPSA) is 105 Å². The second kappa shape index (κ2) is 8.33. The normalized spacial score (nSPS) is 12.6. The third-order valence-corrected chi connectivity index (χ3v) is 4.70. The Morgan fingerprint density at radius 1 is 0.815 bits per heavy atom. The van der Waals surface area contributed by atoms with Crippen molar-refractivity contribution in [3.63, 3.8) is 0 Å². The van der Waals surface area contributed by atoms with E-state index in [0.29, 0.717) is 22.6 Å². The zero-order chi connectivity index (χ0) is 20.2. The van der Waals surface area contributed by atoms with Crippen molar-refractivity contribution in [2.24, 2.45) is 17.4 Å². The first kappa shape index (κ1) is 20.6. The number of Topliss-reactive ketones (excluding diaryl/α,β-unsaturated/α-hetero) is 2. The number of ether oxygens (including phenoxy) is 2. The molecule has 0 aliphatic carbocycles. The zero-order valence-corrected chi connectivity index (χ0v) is 16.1. The molecule has 144 valence electrons. The van der Waals surface area contributed by atoms with E-state index in [4.69, 9.17) is 20.9 Å². The number of carbonyl (C=O) groups excluding carboxylic acids is 2. The summed E-state index contributed by atoms with van der Waals surface area (Å²) in [4.78, 5) is 26.5. The molecule has 0 radical (unpaired) electrons. The molecule has 1 unspecified atom stereocenters. The maximum absolute atomic E-state index is 13.3. The largest absolute Gasteiger partial charge is 0.497 e. The van der Waals surface area contributed by atoms with Gasteiger partial charge in [0, 0.05) is 17.2 Å². The Kier molecular flexibility index (Phi) is 6.36. The van der Waals surface area contributed by atoms with E-state index in [1.807, 2.05) is 13.8 Å². The fraction of sp³-hybridized carbons (Fsp3) is 0.333. The molecule has 2 aromatic carbocycles. The molecular weight excluding hydrogens is 344 g/mol. The smallest absolute Gasteiger partial charge is 0.192 e. The van der Waals surface area contributed by atoms with Crippen LogP contribution in [0.2, 0.25) is 0 Å². The van der Waals surface area contributed by atoms with Gasteiger partial charge < -0.3 is 20.9 Å². The summed E-state index contributed by atoms with van der Waals surface area (Å²) in [7, 11) is 3.07. The number of hydrogen-bond acceptors (Lipinski definition) is 6. The van der Waals surface area contributed by atoms with Crippen molar-refractivity contribution >= 4 is 11.6 Å². The third kappa shape index (κ3) is 4.02. The lowest BCUT2D eigenvalue weighted by molar-refractivity contribution is 0.0719. The van der Waals surface area contributed by atoms with Crippen molar-refractivity contribution in [2.75, 3.05) is 14.2 Å². The number of rotatable bonds is 8. The summed E-state index contributed by atoms with van der Waals surface area (Å²) in [6.45, 7) is 3.66. The van der Waals surface area contributed by atoms with Crippen LogP contribution in [0, 0.1) is 5.92 Å². The molecule has 0 aliphatic rings. The second-order valence-electron chi connectivity index (χ2n) is 6.75. The number of benzene rings is 2. The molecule has 0 aliphatic heterocycles. The van der Waals surface area contributed by atoms with E-state index in [0.717, 1.165) is 0 Å². The fourth-order valence-corrected chi connectivity index (χ4v) is 2.89. The predicted octanol–water partition coefficient (Wildman–Crippen LogP) is 2.45. The SMILES string of the molecule is COc1ccc(C(=O)C(N)(C(=O)c2ccc(OC)cc2)C(N)C(C)C)cc1. The van der Waals surface area contributed by atoms with E-state index < -0.39 is 23.1 Å². The Morgan fingerprint density at radius 3 is 1.41 bits per heavy atom. The first-order valence-corrected chi connectivity index (χ1v) is 8.67. The van der Waals surface area contributed by atoms with E-state index >= 15 is 0 Å². The highest BCUT2D eigenvalue weighted by Crippen LogP contribution is 2.26. The molecule has 0 saturated heterocycles.